The van der Waals surface area contributed by atoms with Crippen LogP contribution in [0.15, 0.2) is 0 Å². The van der Waals surface area contributed by atoms with Gasteiger partial charge in [-0.3, -0.25) is 4.79 Å². The van der Waals surface area contributed by atoms with Gasteiger partial charge in [0.1, 0.15) is 0 Å². The topological polar surface area (TPSA) is 38.3 Å². The highest BCUT2D eigenvalue weighted by Crippen LogP contribution is 2.60. The van der Waals surface area contributed by atoms with Crippen LogP contribution in [0, 0.1) is 17.3 Å². The highest BCUT2D eigenvalue weighted by Gasteiger charge is 2.53. The van der Waals surface area contributed by atoms with Gasteiger partial charge >= 0.3 is 5.97 Å². The SMILES string of the molecule is CCOC(=O)C1CCCC(NCC2(C3CC3)CC2)C1. The monoisotopic (exact) mass is 265 g/mol. The first-order valence-electron chi connectivity index (χ1n) is 8.13. The van der Waals surface area contributed by atoms with Gasteiger partial charge in [0.15, 0.2) is 0 Å². The van der Waals surface area contributed by atoms with Crippen molar-refractivity contribution >= 4 is 5.97 Å². The van der Waals surface area contributed by atoms with Gasteiger partial charge in [0.25, 0.3) is 0 Å². The van der Waals surface area contributed by atoms with Crippen molar-refractivity contribution < 1.29 is 9.53 Å². The smallest absolute Gasteiger partial charge is 0.308 e. The van der Waals surface area contributed by atoms with E-state index in [9.17, 15) is 4.79 Å². The minimum Gasteiger partial charge on any atom is -0.466 e. The van der Waals surface area contributed by atoms with E-state index < -0.39 is 0 Å². The predicted molar refractivity (Wildman–Crippen MR) is 74.8 cm³/mol. The molecule has 1 N–H and O–H groups in total. The fraction of sp³-hybridized carbons (Fsp3) is 0.938. The van der Waals surface area contributed by atoms with Crippen LogP contribution >= 0.6 is 0 Å². The molecular formula is C16H27NO2. The van der Waals surface area contributed by atoms with E-state index in [0.717, 1.165) is 25.2 Å². The second kappa shape index (κ2) is 5.43. The summed E-state index contributed by atoms with van der Waals surface area (Å²) < 4.78 is 5.17. The lowest BCUT2D eigenvalue weighted by Crippen LogP contribution is -2.40. The molecule has 3 fully saturated rings. The van der Waals surface area contributed by atoms with Crippen molar-refractivity contribution in [2.24, 2.45) is 17.3 Å². The molecule has 3 heteroatoms. The summed E-state index contributed by atoms with van der Waals surface area (Å²) in [6.07, 6.45) is 10.2. The van der Waals surface area contributed by atoms with Gasteiger partial charge in [-0.2, -0.15) is 0 Å². The third kappa shape index (κ3) is 3.13. The van der Waals surface area contributed by atoms with Gasteiger partial charge in [0.2, 0.25) is 0 Å². The van der Waals surface area contributed by atoms with Gasteiger partial charge in [-0.15, -0.1) is 0 Å². The van der Waals surface area contributed by atoms with E-state index in [4.69, 9.17) is 4.74 Å². The third-order valence-electron chi connectivity index (χ3n) is 5.37. The average Bonchev–Trinajstić information content (AvgIpc) is 3.28. The Balaban J connectivity index is 1.44. The van der Waals surface area contributed by atoms with Crippen molar-refractivity contribution in [1.29, 1.82) is 0 Å². The van der Waals surface area contributed by atoms with Gasteiger partial charge in [0, 0.05) is 12.6 Å². The minimum absolute atomic E-state index is 0.0253. The second-order valence-corrected chi connectivity index (χ2v) is 6.83. The number of carbonyl (C=O) groups is 1. The maximum Gasteiger partial charge on any atom is 0.308 e. The number of rotatable bonds is 6. The molecule has 3 rings (SSSR count). The summed E-state index contributed by atoms with van der Waals surface area (Å²) >= 11 is 0. The molecule has 2 unspecified atom stereocenters. The van der Waals surface area contributed by atoms with E-state index in [-0.39, 0.29) is 11.9 Å². The molecule has 0 heterocycles. The molecule has 3 saturated carbocycles. The lowest BCUT2D eigenvalue weighted by atomic mass is 9.85. The van der Waals surface area contributed by atoms with E-state index in [1.165, 1.54) is 38.6 Å². The highest BCUT2D eigenvalue weighted by atomic mass is 16.5. The molecular weight excluding hydrogens is 238 g/mol. The molecule has 0 amide bonds. The van der Waals surface area contributed by atoms with Crippen molar-refractivity contribution in [2.75, 3.05) is 13.2 Å². The van der Waals surface area contributed by atoms with Gasteiger partial charge in [-0.05, 0) is 63.2 Å². The molecule has 3 aliphatic carbocycles. The summed E-state index contributed by atoms with van der Waals surface area (Å²) in [7, 11) is 0. The summed E-state index contributed by atoms with van der Waals surface area (Å²) in [4.78, 5) is 11.8. The van der Waals surface area contributed by atoms with Crippen molar-refractivity contribution in [3.8, 4) is 0 Å². The molecule has 0 aromatic carbocycles. The van der Waals surface area contributed by atoms with Crippen molar-refractivity contribution in [3.63, 3.8) is 0 Å². The summed E-state index contributed by atoms with van der Waals surface area (Å²) in [5.41, 5.74) is 0.664. The first-order chi connectivity index (χ1) is 9.23. The van der Waals surface area contributed by atoms with Crippen LogP contribution in [0.3, 0.4) is 0 Å². The van der Waals surface area contributed by atoms with E-state index >= 15 is 0 Å². The van der Waals surface area contributed by atoms with Gasteiger partial charge < -0.3 is 10.1 Å². The molecule has 0 radical (unpaired) electrons. The fourth-order valence-electron chi connectivity index (χ4n) is 3.78. The zero-order valence-corrected chi connectivity index (χ0v) is 12.1. The Labute approximate surface area is 116 Å². The largest absolute Gasteiger partial charge is 0.466 e. The number of ether oxygens (including phenoxy) is 1. The number of hydrogen-bond donors (Lipinski definition) is 1. The molecule has 2 atom stereocenters. The van der Waals surface area contributed by atoms with Crippen LogP contribution < -0.4 is 5.32 Å². The molecule has 0 spiro atoms. The van der Waals surface area contributed by atoms with Crippen molar-refractivity contribution in [3.05, 3.63) is 0 Å². The van der Waals surface area contributed by atoms with E-state index in [2.05, 4.69) is 5.32 Å². The van der Waals surface area contributed by atoms with Gasteiger partial charge in [-0.25, -0.2) is 0 Å². The summed E-state index contributed by atoms with van der Waals surface area (Å²) in [5.74, 6) is 1.18. The first kappa shape index (κ1) is 13.4. The maximum absolute atomic E-state index is 11.8. The van der Waals surface area contributed by atoms with Gasteiger partial charge in [0.05, 0.1) is 12.5 Å². The van der Waals surface area contributed by atoms with Crippen molar-refractivity contribution in [2.45, 2.75) is 64.3 Å². The van der Waals surface area contributed by atoms with Crippen LogP contribution in [0.25, 0.3) is 0 Å². The van der Waals surface area contributed by atoms with Crippen LogP contribution in [0.2, 0.25) is 0 Å². The Morgan fingerprint density at radius 2 is 2.05 bits per heavy atom. The Hall–Kier alpha value is -0.570. The molecule has 0 aromatic heterocycles. The van der Waals surface area contributed by atoms with Crippen LogP contribution in [0.4, 0.5) is 0 Å². The zero-order chi connectivity index (χ0) is 13.3. The summed E-state index contributed by atoms with van der Waals surface area (Å²) in [6, 6.07) is 0.541. The molecule has 3 aliphatic rings. The third-order valence-corrected chi connectivity index (χ3v) is 5.37. The lowest BCUT2D eigenvalue weighted by molar-refractivity contribution is -0.149. The Morgan fingerprint density at radius 1 is 1.26 bits per heavy atom. The second-order valence-electron chi connectivity index (χ2n) is 6.83. The summed E-state index contributed by atoms with van der Waals surface area (Å²) in [6.45, 7) is 3.60. The zero-order valence-electron chi connectivity index (χ0n) is 12.1. The molecule has 0 bridgehead atoms. The number of hydrogen-bond acceptors (Lipinski definition) is 3. The molecule has 0 aliphatic heterocycles. The van der Waals surface area contributed by atoms with Crippen LogP contribution in [0.5, 0.6) is 0 Å². The average molecular weight is 265 g/mol. The molecule has 0 saturated heterocycles. The number of carbonyl (C=O) groups excluding carboxylic acids is 1. The highest BCUT2D eigenvalue weighted by molar-refractivity contribution is 5.72. The molecule has 3 nitrogen and oxygen atoms in total. The maximum atomic E-state index is 11.8. The predicted octanol–water partition coefficient (Wildman–Crippen LogP) is 2.89. The van der Waals surface area contributed by atoms with Crippen LogP contribution in [-0.2, 0) is 9.53 Å². The molecule has 0 aromatic rings. The van der Waals surface area contributed by atoms with Crippen LogP contribution in [0.1, 0.15) is 58.3 Å². The Morgan fingerprint density at radius 3 is 2.68 bits per heavy atom. The number of nitrogens with one attached hydrogen (secondary N) is 1. The van der Waals surface area contributed by atoms with Crippen molar-refractivity contribution in [1.82, 2.24) is 5.32 Å². The number of esters is 1. The molecule has 19 heavy (non-hydrogen) atoms. The van der Waals surface area contributed by atoms with E-state index in [0.29, 0.717) is 18.1 Å². The quantitative estimate of drug-likeness (QED) is 0.750. The lowest BCUT2D eigenvalue weighted by Gasteiger charge is -2.30. The summed E-state index contributed by atoms with van der Waals surface area (Å²) in [5, 5.41) is 3.76. The Bertz CT molecular complexity index is 334. The Kier molecular flexibility index (Phi) is 3.84. The minimum atomic E-state index is 0.0253. The normalized spacial score (nSPS) is 32.9. The standard InChI is InChI=1S/C16H27NO2/c1-2-19-15(18)12-4-3-5-14(10-12)17-11-16(8-9-16)13-6-7-13/h12-14,17H,2-11H2,1H3. The van der Waals surface area contributed by atoms with E-state index in [1.54, 1.807) is 0 Å². The fourth-order valence-corrected chi connectivity index (χ4v) is 3.78. The molecule has 108 valence electrons. The van der Waals surface area contributed by atoms with E-state index in [1.807, 2.05) is 6.92 Å². The van der Waals surface area contributed by atoms with Crippen LogP contribution in [-0.4, -0.2) is 25.2 Å². The van der Waals surface area contributed by atoms with Gasteiger partial charge in [-0.1, -0.05) is 6.42 Å². The first-order valence-corrected chi connectivity index (χ1v) is 8.13.